The minimum atomic E-state index is -1.46. The molecule has 2 aliphatic carbocycles. The Balaban J connectivity index is 1.81. The van der Waals surface area contributed by atoms with Crippen LogP contribution >= 0.6 is 0 Å². The first-order valence-electron chi connectivity index (χ1n) is 9.33. The van der Waals surface area contributed by atoms with E-state index >= 15 is 0 Å². The Morgan fingerprint density at radius 2 is 2.00 bits per heavy atom. The number of hydrogen-bond donors (Lipinski definition) is 2. The van der Waals surface area contributed by atoms with Crippen LogP contribution in [0.1, 0.15) is 59.8 Å². The highest BCUT2D eigenvalue weighted by molar-refractivity contribution is 5.35. The second-order valence-electron chi connectivity index (χ2n) is 8.93. The lowest BCUT2D eigenvalue weighted by Gasteiger charge is -2.45. The Labute approximate surface area is 144 Å². The van der Waals surface area contributed by atoms with Gasteiger partial charge in [0.2, 0.25) is 5.79 Å². The minimum Gasteiger partial charge on any atom is -0.512 e. The van der Waals surface area contributed by atoms with E-state index in [4.69, 9.17) is 9.47 Å². The average Bonchev–Trinajstić information content (AvgIpc) is 3.05. The van der Waals surface area contributed by atoms with Gasteiger partial charge in [-0.05, 0) is 50.9 Å². The molecule has 2 fully saturated rings. The third kappa shape index (κ3) is 2.16. The highest BCUT2D eigenvalue weighted by Gasteiger charge is 2.70. The van der Waals surface area contributed by atoms with Crippen molar-refractivity contribution in [3.8, 4) is 0 Å². The van der Waals surface area contributed by atoms with Crippen LogP contribution < -0.4 is 0 Å². The van der Waals surface area contributed by atoms with Crippen LogP contribution in [0.5, 0.6) is 0 Å². The molecule has 134 valence electrons. The second kappa shape index (κ2) is 5.09. The van der Waals surface area contributed by atoms with Gasteiger partial charge in [0.15, 0.2) is 0 Å². The van der Waals surface area contributed by atoms with Crippen molar-refractivity contribution >= 4 is 0 Å². The van der Waals surface area contributed by atoms with Crippen LogP contribution in [-0.4, -0.2) is 34.3 Å². The molecule has 2 heterocycles. The fourth-order valence-corrected chi connectivity index (χ4v) is 5.26. The normalized spacial score (nSPS) is 53.5. The van der Waals surface area contributed by atoms with Gasteiger partial charge in [0.25, 0.3) is 0 Å². The Bertz CT molecular complexity index is 623. The number of ether oxygens (including phenoxy) is 2. The van der Waals surface area contributed by atoms with E-state index in [2.05, 4.69) is 26.8 Å². The van der Waals surface area contributed by atoms with Crippen molar-refractivity contribution in [1.82, 2.24) is 0 Å². The minimum absolute atomic E-state index is 0.0195. The van der Waals surface area contributed by atoms with E-state index in [0.717, 1.165) is 25.7 Å². The van der Waals surface area contributed by atoms with Gasteiger partial charge in [-0.3, -0.25) is 0 Å². The van der Waals surface area contributed by atoms with Gasteiger partial charge in [-0.25, -0.2) is 0 Å². The van der Waals surface area contributed by atoms with E-state index in [-0.39, 0.29) is 23.0 Å². The summed E-state index contributed by atoms with van der Waals surface area (Å²) in [6.45, 7) is 9.24. The summed E-state index contributed by atoms with van der Waals surface area (Å²) in [5, 5.41) is 22.0. The molecule has 0 aromatic heterocycles. The first-order chi connectivity index (χ1) is 11.2. The standard InChI is InChI=1S/C20H30O4/c1-12-6-5-8-19(4)17(24-19)20(22)16-14(11-23-20)18(3,9-7-12)13(2)10-15(16)21/h6,13-14,17,21-22H,5,7-11H2,1-4H3/b12-6-/t13-,14+,17+,18+,19-,20+/m0/s1. The van der Waals surface area contributed by atoms with Crippen LogP contribution in [0.4, 0.5) is 0 Å². The fraction of sp³-hybridized carbons (Fsp3) is 0.800. The molecule has 6 atom stereocenters. The summed E-state index contributed by atoms with van der Waals surface area (Å²) < 4.78 is 11.9. The maximum atomic E-state index is 11.3. The predicted octanol–water partition coefficient (Wildman–Crippen LogP) is 3.86. The molecule has 4 heteroatoms. The lowest BCUT2D eigenvalue weighted by atomic mass is 9.58. The van der Waals surface area contributed by atoms with Crippen molar-refractivity contribution < 1.29 is 19.7 Å². The number of allylic oxidation sites excluding steroid dienone is 3. The molecule has 0 spiro atoms. The van der Waals surface area contributed by atoms with E-state index in [1.807, 2.05) is 6.92 Å². The van der Waals surface area contributed by atoms with Crippen molar-refractivity contribution in [2.24, 2.45) is 17.3 Å². The first kappa shape index (κ1) is 16.6. The van der Waals surface area contributed by atoms with Gasteiger partial charge in [0.05, 0.1) is 18.0 Å². The van der Waals surface area contributed by atoms with Crippen molar-refractivity contribution in [3.63, 3.8) is 0 Å². The maximum Gasteiger partial charge on any atom is 0.222 e. The highest BCUT2D eigenvalue weighted by Crippen LogP contribution is 2.61. The SMILES string of the molecule is C/C1=C/CC[C@]2(C)O[C@H]2[C@]2(O)OC[C@@H]3C2=C(O)C[C@H](C)[C@@]3(C)CC1. The van der Waals surface area contributed by atoms with Crippen molar-refractivity contribution in [2.45, 2.75) is 77.3 Å². The van der Waals surface area contributed by atoms with Crippen LogP contribution in [0.2, 0.25) is 0 Å². The van der Waals surface area contributed by atoms with E-state index in [1.54, 1.807) is 0 Å². The summed E-state index contributed by atoms with van der Waals surface area (Å²) in [7, 11) is 0. The van der Waals surface area contributed by atoms with E-state index in [1.165, 1.54) is 5.57 Å². The number of fused-ring (bicyclic) bond motifs is 2. The molecule has 4 nitrogen and oxygen atoms in total. The second-order valence-corrected chi connectivity index (χ2v) is 8.93. The van der Waals surface area contributed by atoms with Crippen LogP contribution in [-0.2, 0) is 9.47 Å². The molecule has 0 aromatic rings. The summed E-state index contributed by atoms with van der Waals surface area (Å²) in [6.07, 6.45) is 6.50. The molecule has 4 aliphatic rings. The summed E-state index contributed by atoms with van der Waals surface area (Å²) >= 11 is 0. The zero-order chi connectivity index (χ0) is 17.3. The molecule has 4 bridgehead atoms. The van der Waals surface area contributed by atoms with E-state index in [9.17, 15) is 10.2 Å². The highest BCUT2D eigenvalue weighted by atomic mass is 16.7. The smallest absolute Gasteiger partial charge is 0.222 e. The monoisotopic (exact) mass is 334 g/mol. The maximum absolute atomic E-state index is 11.3. The van der Waals surface area contributed by atoms with Gasteiger partial charge in [-0.15, -0.1) is 0 Å². The topological polar surface area (TPSA) is 62.2 Å². The number of hydrogen-bond acceptors (Lipinski definition) is 4. The first-order valence-corrected chi connectivity index (χ1v) is 9.33. The Hall–Kier alpha value is -0.840. The van der Waals surface area contributed by atoms with Crippen LogP contribution in [0.3, 0.4) is 0 Å². The number of aliphatic hydroxyl groups excluding tert-OH is 1. The predicted molar refractivity (Wildman–Crippen MR) is 91.4 cm³/mol. The quantitative estimate of drug-likeness (QED) is 0.522. The van der Waals surface area contributed by atoms with Gasteiger partial charge in [0, 0.05) is 17.9 Å². The molecular weight excluding hydrogens is 304 g/mol. The summed E-state index contributed by atoms with van der Waals surface area (Å²) in [4.78, 5) is 0. The number of rotatable bonds is 0. The van der Waals surface area contributed by atoms with Crippen LogP contribution in [0, 0.1) is 17.3 Å². The van der Waals surface area contributed by atoms with E-state index in [0.29, 0.717) is 30.3 Å². The Morgan fingerprint density at radius 3 is 2.75 bits per heavy atom. The molecule has 2 aliphatic heterocycles. The lowest BCUT2D eigenvalue weighted by Crippen LogP contribution is -2.46. The molecule has 2 saturated heterocycles. The molecule has 0 amide bonds. The average molecular weight is 334 g/mol. The third-order valence-electron chi connectivity index (χ3n) is 7.37. The molecule has 24 heavy (non-hydrogen) atoms. The number of epoxide rings is 1. The van der Waals surface area contributed by atoms with Crippen LogP contribution in [0.15, 0.2) is 23.0 Å². The van der Waals surface area contributed by atoms with Gasteiger partial charge in [-0.2, -0.15) is 0 Å². The zero-order valence-corrected chi connectivity index (χ0v) is 15.3. The molecule has 0 saturated carbocycles. The largest absolute Gasteiger partial charge is 0.512 e. The lowest BCUT2D eigenvalue weighted by molar-refractivity contribution is -0.163. The van der Waals surface area contributed by atoms with Crippen molar-refractivity contribution in [2.75, 3.05) is 6.61 Å². The van der Waals surface area contributed by atoms with E-state index < -0.39 is 5.79 Å². The van der Waals surface area contributed by atoms with Gasteiger partial charge in [-0.1, -0.05) is 25.5 Å². The zero-order valence-electron chi connectivity index (χ0n) is 15.3. The van der Waals surface area contributed by atoms with Crippen molar-refractivity contribution in [3.05, 3.63) is 23.0 Å². The van der Waals surface area contributed by atoms with Gasteiger partial charge < -0.3 is 19.7 Å². The molecule has 2 N–H and O–H groups in total. The molecule has 0 aromatic carbocycles. The Kier molecular flexibility index (Phi) is 3.52. The molecule has 0 radical (unpaired) electrons. The van der Waals surface area contributed by atoms with Gasteiger partial charge >= 0.3 is 0 Å². The molecule has 0 unspecified atom stereocenters. The van der Waals surface area contributed by atoms with Crippen molar-refractivity contribution in [1.29, 1.82) is 0 Å². The summed E-state index contributed by atoms with van der Waals surface area (Å²) in [5.41, 5.74) is 1.79. The van der Waals surface area contributed by atoms with Crippen LogP contribution in [0.25, 0.3) is 0 Å². The van der Waals surface area contributed by atoms with Gasteiger partial charge in [0.1, 0.15) is 6.10 Å². The fourth-order valence-electron chi connectivity index (χ4n) is 5.26. The summed E-state index contributed by atoms with van der Waals surface area (Å²) in [6, 6.07) is 0. The molecule has 4 rings (SSSR count). The third-order valence-corrected chi connectivity index (χ3v) is 7.37. The summed E-state index contributed by atoms with van der Waals surface area (Å²) in [5.74, 6) is -0.707. The molecular formula is C20H30O4. The Morgan fingerprint density at radius 1 is 1.25 bits per heavy atom. The number of aliphatic hydroxyl groups is 2.